The maximum atomic E-state index is 12.6. The highest BCUT2D eigenvalue weighted by Gasteiger charge is 2.19. The molecule has 0 aliphatic rings. The topological polar surface area (TPSA) is 53.0 Å². The Morgan fingerprint density at radius 1 is 1.05 bits per heavy atom. The Kier molecular flexibility index (Phi) is 5.48. The minimum absolute atomic E-state index is 0.0231. The first-order valence-corrected chi connectivity index (χ1v) is 7.70. The minimum atomic E-state index is -0.176. The second kappa shape index (κ2) is 7.55. The number of hydrogen-bond donors (Lipinski definition) is 2. The molecule has 1 amide bonds. The van der Waals surface area contributed by atoms with Crippen LogP contribution in [0.25, 0.3) is 0 Å². The highest BCUT2D eigenvalue weighted by atomic mass is 16.1. The fraction of sp³-hybridized carbons (Fsp3) is 0.263. The standard InChI is InChI=1S/C19H22N2O/c1-3-15(14-10-6-5-7-11-14)19(22)21-18-13-9-8-12-16(18)17(20)4-2/h5-13,15,20H,3-4H2,1-2H3,(H,21,22). The molecule has 2 N–H and O–H groups in total. The van der Waals surface area contributed by atoms with E-state index in [2.05, 4.69) is 5.32 Å². The largest absolute Gasteiger partial charge is 0.325 e. The highest BCUT2D eigenvalue weighted by molar-refractivity contribution is 6.07. The maximum absolute atomic E-state index is 12.6. The second-order valence-electron chi connectivity index (χ2n) is 5.24. The molecule has 3 nitrogen and oxygen atoms in total. The number of carbonyl (C=O) groups excluding carboxylic acids is 1. The van der Waals surface area contributed by atoms with Crippen molar-refractivity contribution in [2.24, 2.45) is 0 Å². The number of anilines is 1. The number of nitrogens with one attached hydrogen (secondary N) is 2. The van der Waals surface area contributed by atoms with Crippen molar-refractivity contribution in [3.05, 3.63) is 65.7 Å². The Hall–Kier alpha value is -2.42. The van der Waals surface area contributed by atoms with Gasteiger partial charge in [0.15, 0.2) is 0 Å². The summed E-state index contributed by atoms with van der Waals surface area (Å²) >= 11 is 0. The molecule has 2 aromatic rings. The molecule has 0 saturated heterocycles. The molecule has 2 rings (SSSR count). The van der Waals surface area contributed by atoms with Crippen LogP contribution in [0.4, 0.5) is 5.69 Å². The zero-order valence-electron chi connectivity index (χ0n) is 13.1. The first kappa shape index (κ1) is 16.0. The van der Waals surface area contributed by atoms with E-state index in [0.29, 0.717) is 17.8 Å². The molecule has 0 spiro atoms. The van der Waals surface area contributed by atoms with Crippen LogP contribution in [0.5, 0.6) is 0 Å². The number of amides is 1. The first-order valence-electron chi connectivity index (χ1n) is 7.70. The smallest absolute Gasteiger partial charge is 0.231 e. The van der Waals surface area contributed by atoms with Crippen molar-refractivity contribution in [1.29, 1.82) is 5.41 Å². The van der Waals surface area contributed by atoms with Crippen LogP contribution < -0.4 is 5.32 Å². The third-order valence-electron chi connectivity index (χ3n) is 3.79. The van der Waals surface area contributed by atoms with E-state index in [9.17, 15) is 4.79 Å². The quantitative estimate of drug-likeness (QED) is 0.752. The van der Waals surface area contributed by atoms with Crippen molar-refractivity contribution in [2.75, 3.05) is 5.32 Å². The molecule has 1 atom stereocenters. The van der Waals surface area contributed by atoms with E-state index < -0.39 is 0 Å². The number of benzene rings is 2. The molecule has 114 valence electrons. The summed E-state index contributed by atoms with van der Waals surface area (Å²) in [5, 5.41) is 11.0. The average Bonchev–Trinajstić information content (AvgIpc) is 2.56. The molecular formula is C19H22N2O. The van der Waals surface area contributed by atoms with Crippen LogP contribution >= 0.6 is 0 Å². The monoisotopic (exact) mass is 294 g/mol. The van der Waals surface area contributed by atoms with Gasteiger partial charge in [-0.2, -0.15) is 0 Å². The molecule has 0 saturated carbocycles. The summed E-state index contributed by atoms with van der Waals surface area (Å²) in [6, 6.07) is 17.3. The fourth-order valence-corrected chi connectivity index (χ4v) is 2.52. The summed E-state index contributed by atoms with van der Waals surface area (Å²) in [5.74, 6) is -0.199. The third-order valence-corrected chi connectivity index (χ3v) is 3.79. The zero-order valence-corrected chi connectivity index (χ0v) is 13.1. The van der Waals surface area contributed by atoms with Crippen LogP contribution in [-0.2, 0) is 4.79 Å². The molecule has 0 bridgehead atoms. The van der Waals surface area contributed by atoms with Crippen molar-refractivity contribution in [1.82, 2.24) is 0 Å². The van der Waals surface area contributed by atoms with Gasteiger partial charge in [-0.3, -0.25) is 4.79 Å². The van der Waals surface area contributed by atoms with Gasteiger partial charge < -0.3 is 10.7 Å². The lowest BCUT2D eigenvalue weighted by molar-refractivity contribution is -0.117. The normalized spacial score (nSPS) is 11.7. The van der Waals surface area contributed by atoms with Crippen LogP contribution in [0.15, 0.2) is 54.6 Å². The SMILES string of the molecule is CCC(=N)c1ccccc1NC(=O)C(CC)c1ccccc1. The van der Waals surface area contributed by atoms with E-state index in [1.807, 2.05) is 68.4 Å². The summed E-state index contributed by atoms with van der Waals surface area (Å²) in [6.07, 6.45) is 1.38. The molecule has 1 unspecified atom stereocenters. The lowest BCUT2D eigenvalue weighted by Crippen LogP contribution is -2.22. The van der Waals surface area contributed by atoms with Gasteiger partial charge in [0.2, 0.25) is 5.91 Å². The lowest BCUT2D eigenvalue weighted by atomic mass is 9.95. The van der Waals surface area contributed by atoms with Gasteiger partial charge in [-0.15, -0.1) is 0 Å². The molecule has 3 heteroatoms. The maximum Gasteiger partial charge on any atom is 0.231 e. The Bertz CT molecular complexity index is 649. The molecule has 0 aliphatic heterocycles. The van der Waals surface area contributed by atoms with Crippen molar-refractivity contribution in [2.45, 2.75) is 32.6 Å². The van der Waals surface area contributed by atoms with Crippen molar-refractivity contribution < 1.29 is 4.79 Å². The molecule has 0 radical (unpaired) electrons. The molecule has 0 fully saturated rings. The Labute approximate surface area is 131 Å². The lowest BCUT2D eigenvalue weighted by Gasteiger charge is -2.17. The molecular weight excluding hydrogens is 272 g/mol. The van der Waals surface area contributed by atoms with Crippen LogP contribution in [0, 0.1) is 5.41 Å². The Morgan fingerprint density at radius 2 is 1.68 bits per heavy atom. The van der Waals surface area contributed by atoms with E-state index in [-0.39, 0.29) is 11.8 Å². The van der Waals surface area contributed by atoms with Crippen LogP contribution in [0.3, 0.4) is 0 Å². The minimum Gasteiger partial charge on any atom is -0.325 e. The van der Waals surface area contributed by atoms with Gasteiger partial charge in [-0.25, -0.2) is 0 Å². The van der Waals surface area contributed by atoms with Gasteiger partial charge in [-0.1, -0.05) is 62.4 Å². The molecule has 0 aliphatic carbocycles. The van der Waals surface area contributed by atoms with E-state index in [1.54, 1.807) is 0 Å². The van der Waals surface area contributed by atoms with Gasteiger partial charge in [0.1, 0.15) is 0 Å². The third kappa shape index (κ3) is 3.61. The fourth-order valence-electron chi connectivity index (χ4n) is 2.52. The summed E-state index contributed by atoms with van der Waals surface area (Å²) < 4.78 is 0. The summed E-state index contributed by atoms with van der Waals surface area (Å²) in [6.45, 7) is 3.96. The number of para-hydroxylation sites is 1. The molecule has 0 aromatic heterocycles. The summed E-state index contributed by atoms with van der Waals surface area (Å²) in [7, 11) is 0. The van der Waals surface area contributed by atoms with E-state index in [1.165, 1.54) is 0 Å². The summed E-state index contributed by atoms with van der Waals surface area (Å²) in [4.78, 5) is 12.6. The van der Waals surface area contributed by atoms with Gasteiger partial charge in [0.25, 0.3) is 0 Å². The highest BCUT2D eigenvalue weighted by Crippen LogP contribution is 2.23. The van der Waals surface area contributed by atoms with Crippen LogP contribution in [-0.4, -0.2) is 11.6 Å². The number of carbonyl (C=O) groups is 1. The van der Waals surface area contributed by atoms with Crippen LogP contribution in [0.2, 0.25) is 0 Å². The van der Waals surface area contributed by atoms with E-state index in [0.717, 1.165) is 17.5 Å². The van der Waals surface area contributed by atoms with Gasteiger partial charge in [0, 0.05) is 17.0 Å². The van der Waals surface area contributed by atoms with Gasteiger partial charge in [0.05, 0.1) is 5.92 Å². The van der Waals surface area contributed by atoms with Crippen molar-refractivity contribution >= 4 is 17.3 Å². The molecule has 22 heavy (non-hydrogen) atoms. The predicted octanol–water partition coefficient (Wildman–Crippen LogP) is 4.60. The van der Waals surface area contributed by atoms with Gasteiger partial charge in [-0.05, 0) is 24.5 Å². The van der Waals surface area contributed by atoms with Gasteiger partial charge >= 0.3 is 0 Å². The van der Waals surface area contributed by atoms with Crippen LogP contribution in [0.1, 0.15) is 43.7 Å². The van der Waals surface area contributed by atoms with Crippen molar-refractivity contribution in [3.63, 3.8) is 0 Å². The van der Waals surface area contributed by atoms with E-state index >= 15 is 0 Å². The molecule has 0 heterocycles. The molecule has 2 aromatic carbocycles. The Morgan fingerprint density at radius 3 is 2.32 bits per heavy atom. The first-order chi connectivity index (χ1) is 10.7. The number of rotatable bonds is 6. The second-order valence-corrected chi connectivity index (χ2v) is 5.24. The number of hydrogen-bond acceptors (Lipinski definition) is 2. The average molecular weight is 294 g/mol. The van der Waals surface area contributed by atoms with E-state index in [4.69, 9.17) is 5.41 Å². The predicted molar refractivity (Wildman–Crippen MR) is 91.7 cm³/mol. The van der Waals surface area contributed by atoms with Crippen molar-refractivity contribution in [3.8, 4) is 0 Å². The zero-order chi connectivity index (χ0) is 15.9. The Balaban J connectivity index is 2.23. The summed E-state index contributed by atoms with van der Waals surface area (Å²) in [5.41, 5.74) is 3.06.